The molecule has 0 atom stereocenters. The van der Waals surface area contributed by atoms with Gasteiger partial charge in [-0.2, -0.15) is 0 Å². The Morgan fingerprint density at radius 2 is 2.00 bits per heavy atom. The summed E-state index contributed by atoms with van der Waals surface area (Å²) in [4.78, 5) is 14.3. The van der Waals surface area contributed by atoms with E-state index in [1.165, 1.54) is 16.7 Å². The molecule has 3 rings (SSSR count). The summed E-state index contributed by atoms with van der Waals surface area (Å²) in [5, 5.41) is 0.983. The van der Waals surface area contributed by atoms with Crippen molar-refractivity contribution in [3.63, 3.8) is 0 Å². The highest BCUT2D eigenvalue weighted by Crippen LogP contribution is 2.34. The van der Waals surface area contributed by atoms with E-state index in [1.807, 2.05) is 24.3 Å². The molecular weight excluding hydrogens is 477 g/mol. The first-order chi connectivity index (χ1) is 12.3. The number of carbonyl (C=O) groups excluding carboxylic acids is 1. The van der Waals surface area contributed by atoms with E-state index in [1.54, 1.807) is 25.3 Å². The molecule has 0 N–H and O–H groups in total. The summed E-state index contributed by atoms with van der Waals surface area (Å²) in [7, 11) is 1.67. The van der Waals surface area contributed by atoms with Crippen LogP contribution in [-0.4, -0.2) is 22.2 Å². The minimum Gasteiger partial charge on any atom is -0.488 e. The Labute approximate surface area is 179 Å². The highest BCUT2D eigenvalue weighted by molar-refractivity contribution is 9.10. The second kappa shape index (κ2) is 8.31. The second-order valence-electron chi connectivity index (χ2n) is 5.46. The van der Waals surface area contributed by atoms with Crippen molar-refractivity contribution < 1.29 is 9.53 Å². The van der Waals surface area contributed by atoms with Crippen LogP contribution in [-0.2, 0) is 11.4 Å². The molecule has 1 saturated heterocycles. The molecule has 134 valence electrons. The van der Waals surface area contributed by atoms with E-state index < -0.39 is 0 Å². The first-order valence-electron chi connectivity index (χ1n) is 7.43. The Balaban J connectivity index is 1.85. The normalized spacial score (nSPS) is 15.8. The minimum absolute atomic E-state index is 0.115. The summed E-state index contributed by atoms with van der Waals surface area (Å²) in [6.07, 6.45) is 1.79. The van der Waals surface area contributed by atoms with Crippen molar-refractivity contribution in [1.29, 1.82) is 0 Å². The van der Waals surface area contributed by atoms with E-state index in [-0.39, 0.29) is 5.91 Å². The number of likely N-dealkylation sites (N-methyl/N-ethyl adjacent to an activating group) is 1. The summed E-state index contributed by atoms with van der Waals surface area (Å²) in [6.45, 7) is 0.327. The van der Waals surface area contributed by atoms with Crippen molar-refractivity contribution in [2.24, 2.45) is 0 Å². The zero-order chi connectivity index (χ0) is 18.8. The first kappa shape index (κ1) is 19.7. The van der Waals surface area contributed by atoms with Gasteiger partial charge in [-0.1, -0.05) is 69.2 Å². The Morgan fingerprint density at radius 1 is 1.23 bits per heavy atom. The van der Waals surface area contributed by atoms with Crippen molar-refractivity contribution in [2.45, 2.75) is 6.61 Å². The van der Waals surface area contributed by atoms with Gasteiger partial charge in [-0.25, -0.2) is 0 Å². The number of benzene rings is 2. The maximum atomic E-state index is 12.2. The molecule has 3 nitrogen and oxygen atoms in total. The Kier molecular flexibility index (Phi) is 6.30. The van der Waals surface area contributed by atoms with E-state index in [9.17, 15) is 4.79 Å². The van der Waals surface area contributed by atoms with Crippen molar-refractivity contribution >= 4 is 79.4 Å². The summed E-state index contributed by atoms with van der Waals surface area (Å²) in [6, 6.07) is 11.0. The molecular formula is C18H12BrCl2NO2S2. The molecule has 1 aliphatic heterocycles. The standard InChI is InChI=1S/C18H12BrCl2NO2S2/c1-22-17(23)16(26-18(22)25)8-11-7-12(19)3-5-15(11)24-9-10-2-4-13(20)14(21)6-10/h2-8H,9H2,1H3/b16-8+. The Hall–Kier alpha value is -1.05. The third kappa shape index (κ3) is 4.43. The monoisotopic (exact) mass is 487 g/mol. The van der Waals surface area contributed by atoms with Gasteiger partial charge in [-0.3, -0.25) is 9.69 Å². The fourth-order valence-electron chi connectivity index (χ4n) is 2.24. The number of ether oxygens (including phenoxy) is 1. The average molecular weight is 489 g/mol. The van der Waals surface area contributed by atoms with Crippen LogP contribution in [0, 0.1) is 0 Å². The molecule has 2 aromatic carbocycles. The van der Waals surface area contributed by atoms with Crippen LogP contribution >= 0.6 is 63.1 Å². The van der Waals surface area contributed by atoms with Gasteiger partial charge in [-0.05, 0) is 42.0 Å². The van der Waals surface area contributed by atoms with Crippen molar-refractivity contribution in [3.8, 4) is 5.75 Å². The highest BCUT2D eigenvalue weighted by Gasteiger charge is 2.29. The van der Waals surface area contributed by atoms with Gasteiger partial charge in [0, 0.05) is 17.1 Å². The highest BCUT2D eigenvalue weighted by atomic mass is 79.9. The lowest BCUT2D eigenvalue weighted by molar-refractivity contribution is -0.121. The number of hydrogen-bond acceptors (Lipinski definition) is 4. The number of carbonyl (C=O) groups is 1. The molecule has 0 spiro atoms. The van der Waals surface area contributed by atoms with Crippen LogP contribution in [0.4, 0.5) is 0 Å². The number of rotatable bonds is 4. The lowest BCUT2D eigenvalue weighted by atomic mass is 10.1. The molecule has 0 aromatic heterocycles. The topological polar surface area (TPSA) is 29.5 Å². The van der Waals surface area contributed by atoms with Gasteiger partial charge in [0.1, 0.15) is 16.7 Å². The Morgan fingerprint density at radius 3 is 2.65 bits per heavy atom. The maximum absolute atomic E-state index is 12.2. The average Bonchev–Trinajstić information content (AvgIpc) is 2.84. The molecule has 1 amide bonds. The van der Waals surface area contributed by atoms with Gasteiger partial charge in [0.25, 0.3) is 5.91 Å². The van der Waals surface area contributed by atoms with Gasteiger partial charge >= 0.3 is 0 Å². The van der Waals surface area contributed by atoms with Crippen LogP contribution in [0.5, 0.6) is 5.75 Å². The van der Waals surface area contributed by atoms with E-state index in [0.29, 0.717) is 31.6 Å². The third-order valence-electron chi connectivity index (χ3n) is 3.62. The first-order valence-corrected chi connectivity index (χ1v) is 10.2. The molecule has 8 heteroatoms. The predicted molar refractivity (Wildman–Crippen MR) is 116 cm³/mol. The van der Waals surface area contributed by atoms with E-state index in [0.717, 1.165) is 15.6 Å². The number of halogens is 3. The second-order valence-corrected chi connectivity index (χ2v) is 8.87. The molecule has 0 saturated carbocycles. The van der Waals surface area contributed by atoms with Crippen LogP contribution in [0.15, 0.2) is 45.8 Å². The van der Waals surface area contributed by atoms with Gasteiger partial charge in [0.15, 0.2) is 0 Å². The van der Waals surface area contributed by atoms with Crippen molar-refractivity contribution in [1.82, 2.24) is 4.90 Å². The maximum Gasteiger partial charge on any atom is 0.265 e. The number of nitrogens with zero attached hydrogens (tertiary/aromatic N) is 1. The van der Waals surface area contributed by atoms with Crippen LogP contribution in [0.2, 0.25) is 10.0 Å². The number of hydrogen-bond donors (Lipinski definition) is 0. The zero-order valence-corrected chi connectivity index (χ0v) is 18.2. The minimum atomic E-state index is -0.115. The molecule has 0 bridgehead atoms. The smallest absolute Gasteiger partial charge is 0.265 e. The van der Waals surface area contributed by atoms with Crippen LogP contribution < -0.4 is 4.74 Å². The molecule has 26 heavy (non-hydrogen) atoms. The molecule has 0 unspecified atom stereocenters. The molecule has 2 aromatic rings. The largest absolute Gasteiger partial charge is 0.488 e. The number of amides is 1. The molecule has 1 heterocycles. The van der Waals surface area contributed by atoms with Gasteiger partial charge in [-0.15, -0.1) is 0 Å². The van der Waals surface area contributed by atoms with E-state index >= 15 is 0 Å². The van der Waals surface area contributed by atoms with Gasteiger partial charge < -0.3 is 4.74 Å². The van der Waals surface area contributed by atoms with Crippen LogP contribution in [0.1, 0.15) is 11.1 Å². The SMILES string of the molecule is CN1C(=O)/C(=C\c2cc(Br)ccc2OCc2ccc(Cl)c(Cl)c2)SC1=S. The fourth-order valence-corrected chi connectivity index (χ4v) is 4.11. The van der Waals surface area contributed by atoms with Crippen LogP contribution in [0.3, 0.4) is 0 Å². The van der Waals surface area contributed by atoms with E-state index in [2.05, 4.69) is 15.9 Å². The predicted octanol–water partition coefficient (Wildman–Crippen LogP) is 6.17. The third-order valence-corrected chi connectivity index (χ3v) is 6.34. The molecule has 0 aliphatic carbocycles. The molecule has 1 fully saturated rings. The van der Waals surface area contributed by atoms with Gasteiger partial charge in [0.05, 0.1) is 15.0 Å². The van der Waals surface area contributed by atoms with Crippen molar-refractivity contribution in [3.05, 3.63) is 66.9 Å². The summed E-state index contributed by atoms with van der Waals surface area (Å²) in [5.41, 5.74) is 1.68. The lowest BCUT2D eigenvalue weighted by Gasteiger charge is -2.11. The Bertz CT molecular complexity index is 933. The summed E-state index contributed by atoms with van der Waals surface area (Å²) < 4.78 is 7.36. The number of thioether (sulfide) groups is 1. The lowest BCUT2D eigenvalue weighted by Crippen LogP contribution is -2.22. The quantitative estimate of drug-likeness (QED) is 0.380. The fraction of sp³-hybridized carbons (Fsp3) is 0.111. The summed E-state index contributed by atoms with van der Waals surface area (Å²) >= 11 is 21.9. The molecule has 1 aliphatic rings. The van der Waals surface area contributed by atoms with E-state index in [4.69, 9.17) is 40.2 Å². The summed E-state index contributed by atoms with van der Waals surface area (Å²) in [5.74, 6) is 0.538. The van der Waals surface area contributed by atoms with Crippen LogP contribution in [0.25, 0.3) is 6.08 Å². The zero-order valence-electron chi connectivity index (χ0n) is 13.5. The van der Waals surface area contributed by atoms with Crippen molar-refractivity contribution in [2.75, 3.05) is 7.05 Å². The molecule has 0 radical (unpaired) electrons. The number of thiocarbonyl (C=S) groups is 1. The van der Waals surface area contributed by atoms with Gasteiger partial charge in [0.2, 0.25) is 0 Å².